The zero-order valence-corrected chi connectivity index (χ0v) is 14.4. The number of hydrogen-bond donors (Lipinski definition) is 0. The van der Waals surface area contributed by atoms with Crippen LogP contribution in [0.2, 0.25) is 0 Å². The van der Waals surface area contributed by atoms with Crippen molar-refractivity contribution in [2.24, 2.45) is 0 Å². The molecule has 1 aliphatic heterocycles. The van der Waals surface area contributed by atoms with Gasteiger partial charge in [0.2, 0.25) is 0 Å². The monoisotopic (exact) mass is 313 g/mol. The molecule has 3 rings (SSSR count). The molecule has 2 fully saturated rings. The van der Waals surface area contributed by atoms with Crippen molar-refractivity contribution < 1.29 is 14.0 Å². The number of rotatable bonds is 3. The number of benzene rings is 1. The van der Waals surface area contributed by atoms with Gasteiger partial charge in [-0.3, -0.25) is 0 Å². The Morgan fingerprint density at radius 1 is 1.13 bits per heavy atom. The summed E-state index contributed by atoms with van der Waals surface area (Å²) in [6.07, 6.45) is 4.80. The van der Waals surface area contributed by atoms with E-state index in [-0.39, 0.29) is 17.3 Å². The Morgan fingerprint density at radius 2 is 1.74 bits per heavy atom. The highest BCUT2D eigenvalue weighted by Gasteiger charge is 2.51. The third kappa shape index (κ3) is 3.11. The van der Waals surface area contributed by atoms with Crippen molar-refractivity contribution in [1.82, 2.24) is 0 Å². The van der Waals surface area contributed by atoms with Crippen LogP contribution in [0.4, 0.5) is 0 Å². The molecule has 1 aromatic carbocycles. The summed E-state index contributed by atoms with van der Waals surface area (Å²) in [6, 6.07) is 7.87. The number of nitrogens with zero attached hydrogens (tertiary/aromatic N) is 1. The summed E-state index contributed by atoms with van der Waals surface area (Å²) in [5, 5.41) is 9.45. The first-order chi connectivity index (χ1) is 10.8. The van der Waals surface area contributed by atoms with E-state index in [1.807, 2.05) is 45.9 Å². The van der Waals surface area contributed by atoms with E-state index in [2.05, 4.69) is 6.07 Å². The van der Waals surface area contributed by atoms with Crippen LogP contribution in [0.1, 0.15) is 58.9 Å². The molecular weight excluding hydrogens is 289 g/mol. The van der Waals surface area contributed by atoms with Crippen LogP contribution >= 0.6 is 0 Å². The van der Waals surface area contributed by atoms with E-state index in [0.717, 1.165) is 18.3 Å². The first kappa shape index (κ1) is 16.4. The van der Waals surface area contributed by atoms with Gasteiger partial charge in [0.1, 0.15) is 11.8 Å². The lowest BCUT2D eigenvalue weighted by Gasteiger charge is -2.32. The molecule has 0 amide bonds. The lowest BCUT2D eigenvalue weighted by atomic mass is 9.78. The van der Waals surface area contributed by atoms with Crippen LogP contribution in [0.3, 0.4) is 0 Å². The molecule has 1 aliphatic carbocycles. The highest BCUT2D eigenvalue weighted by Crippen LogP contribution is 2.36. The maximum absolute atomic E-state index is 9.45. The Balaban J connectivity index is 1.81. The van der Waals surface area contributed by atoms with Crippen molar-refractivity contribution >= 4 is 12.6 Å². The van der Waals surface area contributed by atoms with Crippen LogP contribution < -0.4 is 10.2 Å². The minimum absolute atomic E-state index is 0.241. The molecule has 1 saturated carbocycles. The van der Waals surface area contributed by atoms with Gasteiger partial charge in [-0.05, 0) is 71.0 Å². The molecule has 1 heterocycles. The van der Waals surface area contributed by atoms with Crippen LogP contribution in [0.25, 0.3) is 0 Å². The second-order valence-corrected chi connectivity index (χ2v) is 7.48. The standard InChI is InChI=1S/C18H24BNO3/c1-17(2)18(3,4)23-19(22-17)14-9-10-16(13(11-14)12-20)21-15-7-5-6-8-15/h9-11,15H,5-8H2,1-4H3. The number of nitriles is 1. The van der Waals surface area contributed by atoms with Crippen molar-refractivity contribution in [3.63, 3.8) is 0 Å². The third-order valence-electron chi connectivity index (χ3n) is 5.25. The molecule has 0 aromatic heterocycles. The molecule has 0 atom stereocenters. The summed E-state index contributed by atoms with van der Waals surface area (Å²) in [4.78, 5) is 0. The SMILES string of the molecule is CC1(C)OB(c2ccc(OC3CCCC3)c(C#N)c2)OC1(C)C. The average Bonchev–Trinajstić information content (AvgIpc) is 3.06. The van der Waals surface area contributed by atoms with Crippen LogP contribution in [-0.2, 0) is 9.31 Å². The summed E-state index contributed by atoms with van der Waals surface area (Å²) >= 11 is 0. The topological polar surface area (TPSA) is 51.5 Å². The Kier molecular flexibility index (Phi) is 4.16. The fraction of sp³-hybridized carbons (Fsp3) is 0.611. The first-order valence-corrected chi connectivity index (χ1v) is 8.39. The molecule has 0 N–H and O–H groups in total. The largest absolute Gasteiger partial charge is 0.494 e. The Labute approximate surface area is 138 Å². The molecule has 122 valence electrons. The molecule has 2 aliphatic rings. The van der Waals surface area contributed by atoms with Crippen molar-refractivity contribution in [1.29, 1.82) is 5.26 Å². The normalized spacial score (nSPS) is 23.0. The molecule has 0 unspecified atom stereocenters. The van der Waals surface area contributed by atoms with E-state index in [0.29, 0.717) is 11.3 Å². The smallest absolute Gasteiger partial charge is 0.489 e. The predicted molar refractivity (Wildman–Crippen MR) is 89.8 cm³/mol. The minimum atomic E-state index is -0.451. The molecule has 1 saturated heterocycles. The summed E-state index contributed by atoms with van der Waals surface area (Å²) in [7, 11) is -0.451. The van der Waals surface area contributed by atoms with Gasteiger partial charge < -0.3 is 14.0 Å². The van der Waals surface area contributed by atoms with Gasteiger partial charge in [-0.2, -0.15) is 5.26 Å². The van der Waals surface area contributed by atoms with Crippen molar-refractivity contribution in [3.05, 3.63) is 23.8 Å². The molecule has 0 radical (unpaired) electrons. The highest BCUT2D eigenvalue weighted by atomic mass is 16.7. The summed E-state index contributed by atoms with van der Waals surface area (Å²) in [5.74, 6) is 0.666. The molecule has 5 heteroatoms. The number of hydrogen-bond acceptors (Lipinski definition) is 4. The van der Waals surface area contributed by atoms with E-state index in [1.54, 1.807) is 0 Å². The zero-order valence-electron chi connectivity index (χ0n) is 14.4. The van der Waals surface area contributed by atoms with Gasteiger partial charge in [0.25, 0.3) is 0 Å². The van der Waals surface area contributed by atoms with Gasteiger partial charge in [-0.1, -0.05) is 6.07 Å². The fourth-order valence-electron chi connectivity index (χ4n) is 3.05. The molecule has 23 heavy (non-hydrogen) atoms. The molecular formula is C18H24BNO3. The van der Waals surface area contributed by atoms with E-state index < -0.39 is 7.12 Å². The number of ether oxygens (including phenoxy) is 1. The lowest BCUT2D eigenvalue weighted by Crippen LogP contribution is -2.41. The fourth-order valence-corrected chi connectivity index (χ4v) is 3.05. The Bertz CT molecular complexity index is 614. The maximum Gasteiger partial charge on any atom is 0.494 e. The van der Waals surface area contributed by atoms with Gasteiger partial charge >= 0.3 is 7.12 Å². The second kappa shape index (κ2) is 5.85. The van der Waals surface area contributed by atoms with E-state index >= 15 is 0 Å². The zero-order chi connectivity index (χ0) is 16.7. The van der Waals surface area contributed by atoms with Gasteiger partial charge in [-0.15, -0.1) is 0 Å². The molecule has 4 nitrogen and oxygen atoms in total. The molecule has 0 spiro atoms. The highest BCUT2D eigenvalue weighted by molar-refractivity contribution is 6.62. The van der Waals surface area contributed by atoms with Gasteiger partial charge in [0.15, 0.2) is 0 Å². The first-order valence-electron chi connectivity index (χ1n) is 8.39. The minimum Gasteiger partial charge on any atom is -0.489 e. The average molecular weight is 313 g/mol. The second-order valence-electron chi connectivity index (χ2n) is 7.48. The van der Waals surface area contributed by atoms with E-state index in [4.69, 9.17) is 14.0 Å². The quantitative estimate of drug-likeness (QED) is 0.804. The van der Waals surface area contributed by atoms with E-state index in [9.17, 15) is 5.26 Å². The van der Waals surface area contributed by atoms with E-state index in [1.165, 1.54) is 12.8 Å². The summed E-state index contributed by atoms with van der Waals surface area (Å²) in [5.41, 5.74) is 0.635. The lowest BCUT2D eigenvalue weighted by molar-refractivity contribution is 0.00578. The molecule has 1 aromatic rings. The van der Waals surface area contributed by atoms with Gasteiger partial charge in [0, 0.05) is 0 Å². The van der Waals surface area contributed by atoms with Crippen molar-refractivity contribution in [3.8, 4) is 11.8 Å². The van der Waals surface area contributed by atoms with Crippen LogP contribution in [-0.4, -0.2) is 24.4 Å². The Hall–Kier alpha value is -1.51. The predicted octanol–water partition coefficient (Wildman–Crippen LogP) is 3.18. The van der Waals surface area contributed by atoms with Crippen LogP contribution in [0, 0.1) is 11.3 Å². The Morgan fingerprint density at radius 3 is 2.30 bits per heavy atom. The van der Waals surface area contributed by atoms with Gasteiger partial charge in [-0.25, -0.2) is 0 Å². The van der Waals surface area contributed by atoms with Crippen LogP contribution in [0.5, 0.6) is 5.75 Å². The van der Waals surface area contributed by atoms with Crippen molar-refractivity contribution in [2.75, 3.05) is 0 Å². The van der Waals surface area contributed by atoms with Crippen molar-refractivity contribution in [2.45, 2.75) is 70.7 Å². The third-order valence-corrected chi connectivity index (χ3v) is 5.25. The maximum atomic E-state index is 9.45. The van der Waals surface area contributed by atoms with Crippen LogP contribution in [0.15, 0.2) is 18.2 Å². The molecule has 0 bridgehead atoms. The summed E-state index contributed by atoms with van der Waals surface area (Å²) < 4.78 is 18.1. The van der Waals surface area contributed by atoms with Gasteiger partial charge in [0.05, 0.1) is 22.9 Å². The summed E-state index contributed by atoms with van der Waals surface area (Å²) in [6.45, 7) is 8.09.